The maximum Gasteiger partial charge on any atom is 0.0749 e. The number of nitrogens with one attached hydrogen (secondary N) is 1. The average Bonchev–Trinajstić information content (AvgIpc) is 2.79. The van der Waals surface area contributed by atoms with Crippen LogP contribution in [0.15, 0.2) is 42.9 Å². The van der Waals surface area contributed by atoms with Gasteiger partial charge in [-0.25, -0.2) is 5.43 Å². The summed E-state index contributed by atoms with van der Waals surface area (Å²) in [6.45, 7) is 1.99. The molecular formula is C15H17N5. The van der Waals surface area contributed by atoms with Crippen LogP contribution < -0.4 is 11.3 Å². The summed E-state index contributed by atoms with van der Waals surface area (Å²) >= 11 is 0. The monoisotopic (exact) mass is 267 g/mol. The van der Waals surface area contributed by atoms with Gasteiger partial charge in [-0.3, -0.25) is 15.5 Å². The quantitative estimate of drug-likeness (QED) is 0.561. The molecule has 102 valence electrons. The Morgan fingerprint density at radius 1 is 1.25 bits per heavy atom. The summed E-state index contributed by atoms with van der Waals surface area (Å²) in [5.41, 5.74) is 6.09. The number of nitrogens with zero attached hydrogens (tertiary/aromatic N) is 3. The third kappa shape index (κ3) is 2.07. The second-order valence-electron chi connectivity index (χ2n) is 4.89. The lowest BCUT2D eigenvalue weighted by Gasteiger charge is -2.18. The fraction of sp³-hybridized carbons (Fsp3) is 0.200. The minimum absolute atomic E-state index is 0.0881. The molecule has 2 heterocycles. The summed E-state index contributed by atoms with van der Waals surface area (Å²) in [4.78, 5) is 4.17. The molecule has 2 aromatic heterocycles. The first kappa shape index (κ1) is 12.8. The smallest absolute Gasteiger partial charge is 0.0749 e. The lowest BCUT2D eigenvalue weighted by Crippen LogP contribution is -2.29. The highest BCUT2D eigenvalue weighted by Crippen LogP contribution is 2.29. The van der Waals surface area contributed by atoms with E-state index in [4.69, 9.17) is 5.84 Å². The number of hydrogen-bond acceptors (Lipinski definition) is 4. The molecule has 0 amide bonds. The normalized spacial score (nSPS) is 12.8. The van der Waals surface area contributed by atoms with Crippen molar-refractivity contribution in [3.05, 3.63) is 59.7 Å². The molecule has 5 heteroatoms. The molecule has 0 fully saturated rings. The zero-order valence-electron chi connectivity index (χ0n) is 11.5. The number of aryl methyl sites for hydroxylation is 2. The number of rotatable bonds is 3. The summed E-state index contributed by atoms with van der Waals surface area (Å²) in [6, 6.07) is 8.08. The Morgan fingerprint density at radius 3 is 2.80 bits per heavy atom. The van der Waals surface area contributed by atoms with Crippen LogP contribution in [0.3, 0.4) is 0 Å². The summed E-state index contributed by atoms with van der Waals surface area (Å²) in [5, 5.41) is 6.64. The van der Waals surface area contributed by atoms with Crippen molar-refractivity contribution >= 4 is 10.8 Å². The summed E-state index contributed by atoms with van der Waals surface area (Å²) < 4.78 is 1.81. The Kier molecular flexibility index (Phi) is 3.22. The van der Waals surface area contributed by atoms with Gasteiger partial charge in [-0.05, 0) is 23.9 Å². The van der Waals surface area contributed by atoms with Crippen molar-refractivity contribution in [3.63, 3.8) is 0 Å². The van der Waals surface area contributed by atoms with Crippen molar-refractivity contribution in [2.75, 3.05) is 0 Å². The van der Waals surface area contributed by atoms with Gasteiger partial charge in [-0.2, -0.15) is 5.10 Å². The molecule has 3 N–H and O–H groups in total. The van der Waals surface area contributed by atoms with Crippen LogP contribution in [0.25, 0.3) is 10.8 Å². The first-order valence-corrected chi connectivity index (χ1v) is 6.49. The molecule has 0 radical (unpaired) electrons. The maximum atomic E-state index is 5.80. The number of nitrogens with two attached hydrogens (primary N) is 1. The van der Waals surface area contributed by atoms with Gasteiger partial charge in [0.05, 0.1) is 11.7 Å². The number of hydrazine groups is 1. The van der Waals surface area contributed by atoms with Crippen molar-refractivity contribution in [1.29, 1.82) is 0 Å². The van der Waals surface area contributed by atoms with Gasteiger partial charge in [0.15, 0.2) is 0 Å². The van der Waals surface area contributed by atoms with Crippen molar-refractivity contribution in [2.45, 2.75) is 13.0 Å². The van der Waals surface area contributed by atoms with Crippen LogP contribution in [0.1, 0.15) is 22.9 Å². The van der Waals surface area contributed by atoms with Crippen LogP contribution in [0, 0.1) is 6.92 Å². The highest BCUT2D eigenvalue weighted by atomic mass is 15.3. The third-order valence-electron chi connectivity index (χ3n) is 3.55. The molecule has 5 nitrogen and oxygen atoms in total. The fourth-order valence-electron chi connectivity index (χ4n) is 2.65. The van der Waals surface area contributed by atoms with E-state index in [2.05, 4.69) is 27.6 Å². The fourth-order valence-corrected chi connectivity index (χ4v) is 2.65. The van der Waals surface area contributed by atoms with Gasteiger partial charge in [0, 0.05) is 36.6 Å². The molecule has 1 aromatic carbocycles. The minimum atomic E-state index is -0.0881. The molecule has 0 saturated heterocycles. The zero-order chi connectivity index (χ0) is 14.1. The molecule has 0 aliphatic heterocycles. The summed E-state index contributed by atoms with van der Waals surface area (Å²) in [6.07, 6.45) is 5.66. The third-order valence-corrected chi connectivity index (χ3v) is 3.55. The second kappa shape index (κ2) is 5.03. The first-order valence-electron chi connectivity index (χ1n) is 6.49. The van der Waals surface area contributed by atoms with Crippen molar-refractivity contribution in [1.82, 2.24) is 20.2 Å². The van der Waals surface area contributed by atoms with Gasteiger partial charge in [-0.1, -0.05) is 18.2 Å². The van der Waals surface area contributed by atoms with E-state index < -0.39 is 0 Å². The molecule has 3 rings (SSSR count). The highest BCUT2D eigenvalue weighted by Gasteiger charge is 2.19. The van der Waals surface area contributed by atoms with Gasteiger partial charge >= 0.3 is 0 Å². The second-order valence-corrected chi connectivity index (χ2v) is 4.89. The Bertz CT molecular complexity index is 742. The predicted octanol–water partition coefficient (Wildman–Crippen LogP) is 1.83. The first-order chi connectivity index (χ1) is 9.70. The van der Waals surface area contributed by atoms with E-state index in [0.717, 1.165) is 27.6 Å². The van der Waals surface area contributed by atoms with Gasteiger partial charge in [0.2, 0.25) is 0 Å². The lowest BCUT2D eigenvalue weighted by atomic mass is 9.95. The minimum Gasteiger partial charge on any atom is -0.275 e. The van der Waals surface area contributed by atoms with E-state index in [1.807, 2.05) is 43.2 Å². The standard InChI is InChI=1S/C15H17N5/c1-10-14(9-20(2)19-10)15(18-16)13-5-3-4-11-8-17-7-6-12(11)13/h3-9,15,18H,16H2,1-2H3. The van der Waals surface area contributed by atoms with Crippen LogP contribution in [0.4, 0.5) is 0 Å². The molecule has 0 saturated carbocycles. The van der Waals surface area contributed by atoms with E-state index >= 15 is 0 Å². The average molecular weight is 267 g/mol. The van der Waals surface area contributed by atoms with E-state index in [1.54, 1.807) is 6.20 Å². The van der Waals surface area contributed by atoms with E-state index in [1.165, 1.54) is 0 Å². The van der Waals surface area contributed by atoms with E-state index in [0.29, 0.717) is 0 Å². The van der Waals surface area contributed by atoms with Crippen molar-refractivity contribution < 1.29 is 0 Å². The molecule has 0 aliphatic carbocycles. The van der Waals surface area contributed by atoms with Crippen LogP contribution in [-0.2, 0) is 7.05 Å². The number of pyridine rings is 1. The number of fused-ring (bicyclic) bond motifs is 1. The van der Waals surface area contributed by atoms with Crippen LogP contribution in [0.5, 0.6) is 0 Å². The molecule has 1 atom stereocenters. The van der Waals surface area contributed by atoms with Crippen LogP contribution in [-0.4, -0.2) is 14.8 Å². The van der Waals surface area contributed by atoms with E-state index in [-0.39, 0.29) is 6.04 Å². The van der Waals surface area contributed by atoms with Gasteiger partial charge < -0.3 is 0 Å². The van der Waals surface area contributed by atoms with Crippen LogP contribution in [0.2, 0.25) is 0 Å². The number of benzene rings is 1. The molecule has 20 heavy (non-hydrogen) atoms. The van der Waals surface area contributed by atoms with Gasteiger partial charge in [-0.15, -0.1) is 0 Å². The maximum absolute atomic E-state index is 5.80. The Morgan fingerprint density at radius 2 is 2.10 bits per heavy atom. The van der Waals surface area contributed by atoms with Gasteiger partial charge in [0.1, 0.15) is 0 Å². The molecular weight excluding hydrogens is 250 g/mol. The van der Waals surface area contributed by atoms with Crippen molar-refractivity contribution in [2.24, 2.45) is 12.9 Å². The molecule has 0 spiro atoms. The summed E-state index contributed by atoms with van der Waals surface area (Å²) in [7, 11) is 1.91. The molecule has 1 unspecified atom stereocenters. The predicted molar refractivity (Wildman–Crippen MR) is 78.9 cm³/mol. The number of hydrogen-bond donors (Lipinski definition) is 2. The SMILES string of the molecule is Cc1nn(C)cc1C(NN)c1cccc2cnccc12. The zero-order valence-corrected chi connectivity index (χ0v) is 11.5. The van der Waals surface area contributed by atoms with E-state index in [9.17, 15) is 0 Å². The Labute approximate surface area is 117 Å². The van der Waals surface area contributed by atoms with Gasteiger partial charge in [0.25, 0.3) is 0 Å². The Hall–Kier alpha value is -2.24. The van der Waals surface area contributed by atoms with Crippen LogP contribution >= 0.6 is 0 Å². The molecule has 0 bridgehead atoms. The Balaban J connectivity index is 2.19. The number of aromatic nitrogens is 3. The molecule has 3 aromatic rings. The summed E-state index contributed by atoms with van der Waals surface area (Å²) in [5.74, 6) is 5.80. The largest absolute Gasteiger partial charge is 0.275 e. The highest BCUT2D eigenvalue weighted by molar-refractivity contribution is 5.85. The van der Waals surface area contributed by atoms with Crippen molar-refractivity contribution in [3.8, 4) is 0 Å². The topological polar surface area (TPSA) is 68.8 Å². The molecule has 0 aliphatic rings. The lowest BCUT2D eigenvalue weighted by molar-refractivity contribution is 0.637.